The van der Waals surface area contributed by atoms with E-state index in [0.29, 0.717) is 19.3 Å². The van der Waals surface area contributed by atoms with Crippen LogP contribution in [0, 0.1) is 0 Å². The van der Waals surface area contributed by atoms with Crippen LogP contribution in [0.25, 0.3) is 0 Å². The van der Waals surface area contributed by atoms with Gasteiger partial charge in [-0.2, -0.15) is 0 Å². The van der Waals surface area contributed by atoms with E-state index in [9.17, 15) is 14.4 Å². The van der Waals surface area contributed by atoms with Crippen molar-refractivity contribution < 1.29 is 28.6 Å². The van der Waals surface area contributed by atoms with E-state index in [0.717, 1.165) is 116 Å². The molecule has 6 heteroatoms. The van der Waals surface area contributed by atoms with E-state index in [4.69, 9.17) is 14.2 Å². The van der Waals surface area contributed by atoms with Crippen LogP contribution in [0.1, 0.15) is 297 Å². The van der Waals surface area contributed by atoms with Crippen LogP contribution in [0.4, 0.5) is 0 Å². The first kappa shape index (κ1) is 70.3. The summed E-state index contributed by atoms with van der Waals surface area (Å²) in [6, 6.07) is 0. The third kappa shape index (κ3) is 59.2. The SMILES string of the molecule is CC/C=C\C/C=C\C/C=C\C/C=C\C/C=C\C/C=C\C/C=C\C/C=C\CCCCCCCCCCC(=O)OCC(COC(=O)CCCCCCCCCC)OC(=O)CCCCCCCCCCCCCCCCC. The molecule has 0 saturated heterocycles. The predicted molar refractivity (Wildman–Crippen MR) is 320 cm³/mol. The van der Waals surface area contributed by atoms with Crippen molar-refractivity contribution in [3.63, 3.8) is 0 Å². The largest absolute Gasteiger partial charge is 0.462 e. The predicted octanol–water partition coefficient (Wildman–Crippen LogP) is 21.3. The van der Waals surface area contributed by atoms with Gasteiger partial charge in [-0.05, 0) is 83.5 Å². The second-order valence-corrected chi connectivity index (χ2v) is 20.6. The molecule has 0 heterocycles. The highest BCUT2D eigenvalue weighted by Crippen LogP contribution is 2.16. The summed E-state index contributed by atoms with van der Waals surface area (Å²) in [6.07, 6.45) is 82.8. The van der Waals surface area contributed by atoms with Crippen molar-refractivity contribution in [1.29, 1.82) is 0 Å². The van der Waals surface area contributed by atoms with E-state index in [1.54, 1.807) is 0 Å². The fourth-order valence-electron chi connectivity index (χ4n) is 8.69. The quantitative estimate of drug-likeness (QED) is 0.0261. The Balaban J connectivity index is 4.14. The van der Waals surface area contributed by atoms with Gasteiger partial charge in [-0.1, -0.05) is 291 Å². The number of rotatable bonds is 56. The number of hydrogen-bond acceptors (Lipinski definition) is 6. The second kappa shape index (κ2) is 61.9. The Hall–Kier alpha value is -3.67. The summed E-state index contributed by atoms with van der Waals surface area (Å²) in [5, 5.41) is 0. The van der Waals surface area contributed by atoms with Crippen LogP contribution in [0.3, 0.4) is 0 Å². The molecule has 0 aliphatic carbocycles. The maximum Gasteiger partial charge on any atom is 0.306 e. The van der Waals surface area contributed by atoms with Gasteiger partial charge in [-0.3, -0.25) is 14.4 Å². The Bertz CT molecular complexity index is 1460. The molecule has 1 atom stereocenters. The third-order valence-corrected chi connectivity index (χ3v) is 13.4. The number of allylic oxidation sites excluding steroid dienone is 16. The lowest BCUT2D eigenvalue weighted by Crippen LogP contribution is -2.30. The molecule has 0 N–H and O–H groups in total. The Morgan fingerprint density at radius 2 is 0.527 bits per heavy atom. The highest BCUT2D eigenvalue weighted by Gasteiger charge is 2.19. The molecule has 0 amide bonds. The molecular formula is C68H116O6. The minimum absolute atomic E-state index is 0.0757. The van der Waals surface area contributed by atoms with Crippen LogP contribution < -0.4 is 0 Å². The van der Waals surface area contributed by atoms with Gasteiger partial charge in [0.15, 0.2) is 6.10 Å². The highest BCUT2D eigenvalue weighted by molar-refractivity contribution is 5.71. The summed E-state index contributed by atoms with van der Waals surface area (Å²) >= 11 is 0. The van der Waals surface area contributed by atoms with E-state index in [1.165, 1.54) is 141 Å². The molecule has 424 valence electrons. The van der Waals surface area contributed by atoms with Crippen LogP contribution in [0.5, 0.6) is 0 Å². The fourth-order valence-corrected chi connectivity index (χ4v) is 8.69. The maximum absolute atomic E-state index is 12.8. The van der Waals surface area contributed by atoms with Gasteiger partial charge in [-0.25, -0.2) is 0 Å². The molecular weight excluding hydrogens is 913 g/mol. The van der Waals surface area contributed by atoms with Crippen LogP contribution in [0.15, 0.2) is 97.2 Å². The molecule has 0 aliphatic rings. The van der Waals surface area contributed by atoms with Gasteiger partial charge in [-0.15, -0.1) is 0 Å². The number of esters is 3. The summed E-state index contributed by atoms with van der Waals surface area (Å²) in [4.78, 5) is 38.0. The molecule has 0 radical (unpaired) electrons. The number of ether oxygens (including phenoxy) is 3. The average Bonchev–Trinajstić information content (AvgIpc) is 3.40. The summed E-state index contributed by atoms with van der Waals surface area (Å²) in [5.41, 5.74) is 0. The molecule has 0 aromatic carbocycles. The lowest BCUT2D eigenvalue weighted by molar-refractivity contribution is -0.167. The Morgan fingerprint density at radius 1 is 0.284 bits per heavy atom. The summed E-state index contributed by atoms with van der Waals surface area (Å²) < 4.78 is 16.8. The van der Waals surface area contributed by atoms with Crippen molar-refractivity contribution in [3.8, 4) is 0 Å². The first-order valence-electron chi connectivity index (χ1n) is 31.2. The van der Waals surface area contributed by atoms with Crippen LogP contribution in [-0.2, 0) is 28.6 Å². The van der Waals surface area contributed by atoms with E-state index in [2.05, 4.69) is 118 Å². The zero-order valence-electron chi connectivity index (χ0n) is 48.6. The summed E-state index contributed by atoms with van der Waals surface area (Å²) in [5.74, 6) is -0.880. The maximum atomic E-state index is 12.8. The Kier molecular flexibility index (Phi) is 58.8. The van der Waals surface area contributed by atoms with Gasteiger partial charge in [0, 0.05) is 19.3 Å². The molecule has 74 heavy (non-hydrogen) atoms. The molecule has 0 aromatic heterocycles. The van der Waals surface area contributed by atoms with Gasteiger partial charge in [0.1, 0.15) is 13.2 Å². The zero-order chi connectivity index (χ0) is 53.6. The van der Waals surface area contributed by atoms with Crippen molar-refractivity contribution in [3.05, 3.63) is 97.2 Å². The number of carbonyl (C=O) groups is 3. The molecule has 0 spiro atoms. The molecule has 0 fully saturated rings. The molecule has 6 nitrogen and oxygen atoms in total. The van der Waals surface area contributed by atoms with Gasteiger partial charge in [0.05, 0.1) is 0 Å². The Morgan fingerprint density at radius 3 is 0.824 bits per heavy atom. The smallest absolute Gasteiger partial charge is 0.306 e. The van der Waals surface area contributed by atoms with Crippen LogP contribution in [0.2, 0.25) is 0 Å². The summed E-state index contributed by atoms with van der Waals surface area (Å²) in [6.45, 7) is 6.51. The van der Waals surface area contributed by atoms with E-state index in [-0.39, 0.29) is 31.1 Å². The first-order chi connectivity index (χ1) is 36.5. The molecule has 1 unspecified atom stereocenters. The summed E-state index contributed by atoms with van der Waals surface area (Å²) in [7, 11) is 0. The minimum atomic E-state index is -0.776. The third-order valence-electron chi connectivity index (χ3n) is 13.4. The molecule has 0 saturated carbocycles. The van der Waals surface area contributed by atoms with Gasteiger partial charge < -0.3 is 14.2 Å². The number of hydrogen-bond donors (Lipinski definition) is 0. The Labute approximate surface area is 457 Å². The first-order valence-corrected chi connectivity index (χ1v) is 31.2. The van der Waals surface area contributed by atoms with Gasteiger partial charge >= 0.3 is 17.9 Å². The number of unbranched alkanes of at least 4 members (excludes halogenated alkanes) is 29. The molecule has 0 aromatic rings. The highest BCUT2D eigenvalue weighted by atomic mass is 16.6. The number of carbonyl (C=O) groups excluding carboxylic acids is 3. The normalized spacial score (nSPS) is 12.7. The minimum Gasteiger partial charge on any atom is -0.462 e. The van der Waals surface area contributed by atoms with Crippen molar-refractivity contribution >= 4 is 17.9 Å². The fraction of sp³-hybridized carbons (Fsp3) is 0.721. The topological polar surface area (TPSA) is 78.9 Å². The standard InChI is InChI=1S/C68H116O6/c1-4-7-10-13-16-19-21-23-25-26-27-28-29-30-31-32-33-34-35-36-37-38-39-40-41-42-44-45-47-49-52-55-58-61-67(70)73-64-65(63-72-66(69)60-57-54-51-18-15-12-9-6-3)74-68(71)62-59-56-53-50-48-46-43-24-22-20-17-14-11-8-5-2/h7,10,16,19,23,25,27-28,30-31,33-34,36-37,39-40,65H,4-6,8-9,11-15,17-18,20-22,24,26,29,32,35,38,41-64H2,1-3H3/b10-7-,19-16-,25-23-,28-27-,31-30-,34-33-,37-36-,40-39-. The van der Waals surface area contributed by atoms with E-state index in [1.807, 2.05) is 0 Å². The van der Waals surface area contributed by atoms with Crippen LogP contribution in [-0.4, -0.2) is 37.2 Å². The monoisotopic (exact) mass is 1030 g/mol. The van der Waals surface area contributed by atoms with E-state index < -0.39 is 6.10 Å². The zero-order valence-corrected chi connectivity index (χ0v) is 48.6. The molecule has 0 rings (SSSR count). The molecule has 0 bridgehead atoms. The molecule has 0 aliphatic heterocycles. The van der Waals surface area contributed by atoms with Crippen molar-refractivity contribution in [2.24, 2.45) is 0 Å². The second-order valence-electron chi connectivity index (χ2n) is 20.6. The average molecular weight is 1030 g/mol. The lowest BCUT2D eigenvalue weighted by atomic mass is 10.0. The van der Waals surface area contributed by atoms with Gasteiger partial charge in [0.2, 0.25) is 0 Å². The van der Waals surface area contributed by atoms with E-state index >= 15 is 0 Å². The van der Waals surface area contributed by atoms with Crippen molar-refractivity contribution in [2.75, 3.05) is 13.2 Å². The van der Waals surface area contributed by atoms with Crippen molar-refractivity contribution in [2.45, 2.75) is 303 Å². The van der Waals surface area contributed by atoms with Crippen molar-refractivity contribution in [1.82, 2.24) is 0 Å². The lowest BCUT2D eigenvalue weighted by Gasteiger charge is -2.18. The van der Waals surface area contributed by atoms with Gasteiger partial charge in [0.25, 0.3) is 0 Å². The van der Waals surface area contributed by atoms with Crippen LogP contribution >= 0.6 is 0 Å².